The van der Waals surface area contributed by atoms with Crippen molar-refractivity contribution in [2.75, 3.05) is 0 Å². The number of tetrazole rings is 1. The van der Waals surface area contributed by atoms with Crippen molar-refractivity contribution in [3.05, 3.63) is 5.82 Å². The van der Waals surface area contributed by atoms with Crippen LogP contribution < -0.4 is 0 Å². The number of H-pyrrole nitrogens is 1. The minimum atomic E-state index is -0.274. The molecular formula is C8H14N4O. The molecule has 0 aliphatic heterocycles. The maximum absolute atomic E-state index is 11.5. The van der Waals surface area contributed by atoms with Crippen molar-refractivity contribution in [3.8, 4) is 0 Å². The van der Waals surface area contributed by atoms with Crippen molar-refractivity contribution in [1.82, 2.24) is 20.6 Å². The Morgan fingerprint density at radius 2 is 2.15 bits per heavy atom. The van der Waals surface area contributed by atoms with Crippen LogP contribution in [0.25, 0.3) is 0 Å². The zero-order chi connectivity index (χ0) is 9.90. The fourth-order valence-corrected chi connectivity index (χ4v) is 0.889. The summed E-state index contributed by atoms with van der Waals surface area (Å²) in [6, 6.07) is 0. The van der Waals surface area contributed by atoms with Crippen molar-refractivity contribution in [3.63, 3.8) is 0 Å². The number of Topliss-reactive ketones (excluding diaryl/α,β-unsaturated/α-hetero) is 1. The van der Waals surface area contributed by atoms with Crippen LogP contribution in [-0.4, -0.2) is 26.4 Å². The molecule has 1 rings (SSSR count). The molecule has 1 N–H and O–H groups in total. The third kappa shape index (κ3) is 2.93. The predicted octanol–water partition coefficient (Wildman–Crippen LogP) is 0.747. The van der Waals surface area contributed by atoms with Gasteiger partial charge in [-0.3, -0.25) is 4.79 Å². The molecule has 5 nitrogen and oxygen atoms in total. The van der Waals surface area contributed by atoms with Crippen molar-refractivity contribution in [2.45, 2.75) is 33.6 Å². The summed E-state index contributed by atoms with van der Waals surface area (Å²) in [5, 5.41) is 13.3. The molecule has 0 saturated heterocycles. The highest BCUT2D eigenvalue weighted by Gasteiger charge is 2.20. The van der Waals surface area contributed by atoms with Crippen molar-refractivity contribution in [1.29, 1.82) is 0 Å². The molecule has 0 fully saturated rings. The Kier molecular flexibility index (Phi) is 2.75. The zero-order valence-corrected chi connectivity index (χ0v) is 8.16. The van der Waals surface area contributed by atoms with E-state index < -0.39 is 0 Å². The van der Waals surface area contributed by atoms with E-state index in [2.05, 4.69) is 20.6 Å². The number of ketones is 1. The van der Waals surface area contributed by atoms with Gasteiger partial charge in [0.15, 0.2) is 5.82 Å². The lowest BCUT2D eigenvalue weighted by molar-refractivity contribution is -0.126. The average Bonchev–Trinajstić information content (AvgIpc) is 2.50. The fraction of sp³-hybridized carbons (Fsp3) is 0.750. The van der Waals surface area contributed by atoms with E-state index in [0.717, 1.165) is 0 Å². The minimum absolute atomic E-state index is 0.220. The number of carbonyl (C=O) groups is 1. The lowest BCUT2D eigenvalue weighted by Crippen LogP contribution is -2.20. The first-order valence-electron chi connectivity index (χ1n) is 4.26. The Labute approximate surface area is 76.9 Å². The predicted molar refractivity (Wildman–Crippen MR) is 47.0 cm³/mol. The molecule has 0 aromatic carbocycles. The quantitative estimate of drug-likeness (QED) is 0.748. The van der Waals surface area contributed by atoms with Crippen molar-refractivity contribution in [2.24, 2.45) is 5.41 Å². The molecule has 72 valence electrons. The number of aromatic amines is 1. The van der Waals surface area contributed by atoms with Crippen molar-refractivity contribution < 1.29 is 4.79 Å². The second kappa shape index (κ2) is 3.64. The molecule has 1 heterocycles. The van der Waals surface area contributed by atoms with Gasteiger partial charge in [0.1, 0.15) is 5.78 Å². The van der Waals surface area contributed by atoms with Gasteiger partial charge in [-0.15, -0.1) is 10.2 Å². The second-order valence-electron chi connectivity index (χ2n) is 4.00. The Morgan fingerprint density at radius 1 is 1.46 bits per heavy atom. The number of hydrogen-bond acceptors (Lipinski definition) is 4. The van der Waals surface area contributed by atoms with E-state index in [1.807, 2.05) is 20.8 Å². The van der Waals surface area contributed by atoms with E-state index in [4.69, 9.17) is 0 Å². The maximum Gasteiger partial charge on any atom is 0.174 e. The van der Waals surface area contributed by atoms with Crippen LogP contribution in [0.4, 0.5) is 0 Å². The van der Waals surface area contributed by atoms with E-state index in [0.29, 0.717) is 18.7 Å². The standard InChI is InChI=1S/C8H14N4O/c1-8(2,3)6(13)4-5-7-9-11-12-10-7/h4-5H2,1-3H3,(H,9,10,11,12). The van der Waals surface area contributed by atoms with Gasteiger partial charge >= 0.3 is 0 Å². The van der Waals surface area contributed by atoms with Crippen LogP contribution in [0.15, 0.2) is 0 Å². The summed E-state index contributed by atoms with van der Waals surface area (Å²) in [5.74, 6) is 0.815. The Hall–Kier alpha value is -1.26. The number of aryl methyl sites for hydroxylation is 1. The van der Waals surface area contributed by atoms with Crippen LogP contribution in [0.2, 0.25) is 0 Å². The van der Waals surface area contributed by atoms with E-state index in [1.165, 1.54) is 0 Å². The van der Waals surface area contributed by atoms with E-state index in [9.17, 15) is 4.79 Å². The van der Waals surface area contributed by atoms with Crippen LogP contribution in [-0.2, 0) is 11.2 Å². The van der Waals surface area contributed by atoms with E-state index >= 15 is 0 Å². The SMILES string of the molecule is CC(C)(C)C(=O)CCc1nn[nH]n1. The van der Waals surface area contributed by atoms with Gasteiger partial charge in [0, 0.05) is 18.3 Å². The first-order chi connectivity index (χ1) is 6.00. The number of hydrogen-bond donors (Lipinski definition) is 1. The normalized spacial score (nSPS) is 11.6. The highest BCUT2D eigenvalue weighted by molar-refractivity contribution is 5.83. The van der Waals surface area contributed by atoms with Gasteiger partial charge in [0.25, 0.3) is 0 Å². The first-order valence-corrected chi connectivity index (χ1v) is 4.26. The summed E-state index contributed by atoms with van der Waals surface area (Å²) < 4.78 is 0. The molecule has 5 heteroatoms. The van der Waals surface area contributed by atoms with Gasteiger partial charge in [0.05, 0.1) is 0 Å². The van der Waals surface area contributed by atoms with Crippen LogP contribution in [0.3, 0.4) is 0 Å². The number of rotatable bonds is 3. The Balaban J connectivity index is 2.40. The van der Waals surface area contributed by atoms with E-state index in [1.54, 1.807) is 0 Å². The molecule has 1 aromatic heterocycles. The van der Waals surface area contributed by atoms with Gasteiger partial charge in [-0.1, -0.05) is 26.0 Å². The smallest absolute Gasteiger partial charge is 0.174 e. The molecule has 0 spiro atoms. The maximum atomic E-state index is 11.5. The lowest BCUT2D eigenvalue weighted by atomic mass is 9.88. The summed E-state index contributed by atoms with van der Waals surface area (Å²) in [7, 11) is 0. The minimum Gasteiger partial charge on any atom is -0.299 e. The molecule has 0 aliphatic rings. The molecule has 0 aliphatic carbocycles. The molecule has 0 unspecified atom stereocenters. The van der Waals surface area contributed by atoms with Crippen LogP contribution in [0, 0.1) is 5.41 Å². The molecule has 0 radical (unpaired) electrons. The van der Waals surface area contributed by atoms with Crippen LogP contribution in [0.1, 0.15) is 33.0 Å². The largest absolute Gasteiger partial charge is 0.299 e. The summed E-state index contributed by atoms with van der Waals surface area (Å²) in [5.41, 5.74) is -0.274. The molecule has 0 atom stereocenters. The van der Waals surface area contributed by atoms with Gasteiger partial charge in [-0.05, 0) is 0 Å². The van der Waals surface area contributed by atoms with Gasteiger partial charge in [0.2, 0.25) is 0 Å². The molecule has 0 bridgehead atoms. The van der Waals surface area contributed by atoms with Gasteiger partial charge in [-0.25, -0.2) is 0 Å². The highest BCUT2D eigenvalue weighted by atomic mass is 16.1. The van der Waals surface area contributed by atoms with Crippen LogP contribution in [0.5, 0.6) is 0 Å². The molecular weight excluding hydrogens is 168 g/mol. The Bertz CT molecular complexity index is 273. The summed E-state index contributed by atoms with van der Waals surface area (Å²) >= 11 is 0. The summed E-state index contributed by atoms with van der Waals surface area (Å²) in [6.07, 6.45) is 1.04. The number of carbonyl (C=O) groups excluding carboxylic acids is 1. The van der Waals surface area contributed by atoms with Gasteiger partial charge < -0.3 is 0 Å². The third-order valence-corrected chi connectivity index (χ3v) is 1.80. The fourth-order valence-electron chi connectivity index (χ4n) is 0.889. The second-order valence-corrected chi connectivity index (χ2v) is 4.00. The summed E-state index contributed by atoms with van der Waals surface area (Å²) in [6.45, 7) is 5.72. The molecule has 13 heavy (non-hydrogen) atoms. The number of nitrogens with zero attached hydrogens (tertiary/aromatic N) is 3. The van der Waals surface area contributed by atoms with Crippen molar-refractivity contribution >= 4 is 5.78 Å². The number of aromatic nitrogens is 4. The molecule has 0 saturated carbocycles. The van der Waals surface area contributed by atoms with Gasteiger partial charge in [-0.2, -0.15) is 5.21 Å². The third-order valence-electron chi connectivity index (χ3n) is 1.80. The van der Waals surface area contributed by atoms with E-state index in [-0.39, 0.29) is 11.2 Å². The molecule has 0 amide bonds. The Morgan fingerprint density at radius 3 is 2.62 bits per heavy atom. The highest BCUT2D eigenvalue weighted by Crippen LogP contribution is 2.17. The summed E-state index contributed by atoms with van der Waals surface area (Å²) in [4.78, 5) is 11.5. The first kappa shape index (κ1) is 9.83. The molecule has 1 aromatic rings. The number of nitrogens with one attached hydrogen (secondary N) is 1. The monoisotopic (exact) mass is 182 g/mol. The lowest BCUT2D eigenvalue weighted by Gasteiger charge is -2.15. The topological polar surface area (TPSA) is 71.5 Å². The average molecular weight is 182 g/mol. The zero-order valence-electron chi connectivity index (χ0n) is 8.16. The van der Waals surface area contributed by atoms with Crippen LogP contribution >= 0.6 is 0 Å².